The number of carbonyl (C=O) groups excluding carboxylic acids is 2. The van der Waals surface area contributed by atoms with Crippen LogP contribution in [0.1, 0.15) is 56.6 Å². The van der Waals surface area contributed by atoms with Crippen LogP contribution in [0.3, 0.4) is 0 Å². The van der Waals surface area contributed by atoms with Gasteiger partial charge < -0.3 is 35.5 Å². The molecule has 6 rings (SSSR count). The summed E-state index contributed by atoms with van der Waals surface area (Å²) in [5.74, 6) is 0.633. The van der Waals surface area contributed by atoms with Crippen molar-refractivity contribution in [2.24, 2.45) is 0 Å². The van der Waals surface area contributed by atoms with E-state index in [0.717, 1.165) is 46.0 Å². The first kappa shape index (κ1) is 34.6. The molecule has 13 heteroatoms. The largest absolute Gasteiger partial charge is 0.496 e. The smallest absolute Gasteiger partial charge is 0.326 e. The second-order valence-corrected chi connectivity index (χ2v) is 14.8. The molecule has 1 aromatic heterocycles. The molecule has 3 fully saturated rings. The number of nitrogens with zero attached hydrogens (tertiary/aromatic N) is 4. The van der Waals surface area contributed by atoms with E-state index in [4.69, 9.17) is 10.5 Å². The first-order valence-electron chi connectivity index (χ1n) is 17.0. The van der Waals surface area contributed by atoms with Crippen molar-refractivity contribution in [2.75, 3.05) is 52.1 Å². The van der Waals surface area contributed by atoms with Gasteiger partial charge in [-0.25, -0.2) is 9.59 Å². The van der Waals surface area contributed by atoms with Gasteiger partial charge in [-0.2, -0.15) is 0 Å². The van der Waals surface area contributed by atoms with Gasteiger partial charge in [-0.05, 0) is 113 Å². The maximum atomic E-state index is 14.1. The molecule has 0 aliphatic carbocycles. The molecule has 11 nitrogen and oxygen atoms in total. The number of urea groups is 1. The number of para-hydroxylation sites is 1. The van der Waals surface area contributed by atoms with Gasteiger partial charge in [0.2, 0.25) is 5.91 Å². The van der Waals surface area contributed by atoms with E-state index >= 15 is 0 Å². The fourth-order valence-electron chi connectivity index (χ4n) is 7.42. The second kappa shape index (κ2) is 15.5. The molecule has 0 spiro atoms. The van der Waals surface area contributed by atoms with Crippen molar-refractivity contribution >= 4 is 49.5 Å². The van der Waals surface area contributed by atoms with Gasteiger partial charge in [0, 0.05) is 65.4 Å². The molecule has 3 amide bonds. The number of imidazole rings is 1. The Morgan fingerprint density at radius 2 is 1.56 bits per heavy atom. The summed E-state index contributed by atoms with van der Waals surface area (Å²) >= 11 is 7.05. The van der Waals surface area contributed by atoms with E-state index in [0.29, 0.717) is 68.6 Å². The molecule has 0 saturated carbocycles. The zero-order valence-electron chi connectivity index (χ0n) is 27.4. The van der Waals surface area contributed by atoms with Crippen LogP contribution in [0.25, 0.3) is 11.3 Å². The summed E-state index contributed by atoms with van der Waals surface area (Å²) in [4.78, 5) is 50.0. The summed E-state index contributed by atoms with van der Waals surface area (Å²) in [5.41, 5.74) is 8.94. The van der Waals surface area contributed by atoms with E-state index in [1.165, 1.54) is 19.3 Å². The summed E-state index contributed by atoms with van der Waals surface area (Å²) in [6.45, 7) is 4.62. The third-order valence-corrected chi connectivity index (χ3v) is 11.5. The molecule has 3 aliphatic heterocycles. The maximum Gasteiger partial charge on any atom is 0.326 e. The monoisotopic (exact) mass is 785 g/mol. The first-order chi connectivity index (χ1) is 23.2. The minimum Gasteiger partial charge on any atom is -0.496 e. The van der Waals surface area contributed by atoms with E-state index in [1.807, 2.05) is 47.5 Å². The Kier molecular flexibility index (Phi) is 11.2. The van der Waals surface area contributed by atoms with E-state index in [1.54, 1.807) is 16.6 Å². The van der Waals surface area contributed by atoms with Gasteiger partial charge in [-0.1, -0.05) is 18.6 Å². The van der Waals surface area contributed by atoms with Gasteiger partial charge in [-0.15, -0.1) is 0 Å². The highest BCUT2D eigenvalue weighted by atomic mass is 79.9. The third-order valence-electron chi connectivity index (χ3n) is 10.1. The quantitative estimate of drug-likeness (QED) is 0.263. The van der Waals surface area contributed by atoms with E-state index < -0.39 is 6.04 Å². The lowest BCUT2D eigenvalue weighted by atomic mass is 9.98. The van der Waals surface area contributed by atoms with Gasteiger partial charge in [0.25, 0.3) is 0 Å². The van der Waals surface area contributed by atoms with Gasteiger partial charge in [0.05, 0.1) is 18.5 Å². The van der Waals surface area contributed by atoms with Crippen LogP contribution in [0.4, 0.5) is 10.5 Å². The number of anilines is 1. The van der Waals surface area contributed by atoms with Crippen LogP contribution >= 0.6 is 31.9 Å². The van der Waals surface area contributed by atoms with Gasteiger partial charge in [-0.3, -0.25) is 9.36 Å². The second-order valence-electron chi connectivity index (χ2n) is 13.1. The molecule has 4 heterocycles. The lowest BCUT2D eigenvalue weighted by Crippen LogP contribution is -2.56. The highest BCUT2D eigenvalue weighted by molar-refractivity contribution is 9.11. The number of likely N-dealkylation sites (tertiary alicyclic amines) is 3. The molecule has 48 heavy (non-hydrogen) atoms. The molecule has 2 aromatic carbocycles. The number of hydrogen-bond donors (Lipinski definition) is 3. The standard InChI is InChI=1S/C35H45Br2N7O4/c1-48-31-8-4-3-7-26(31)30-22-44(35(47)40-30)25-11-17-43(18-12-25)34(46)39-29(21-23-19-27(36)32(38)28(37)20-23)33(45)42-15-9-24(10-16-42)41-13-5-2-6-14-41/h3-4,7-8,19-20,22,24-25,29H,2,5-6,9-18,21,38H2,1H3,(H,39,46)(H,40,47)/t29-/m1/s1. The van der Waals surface area contributed by atoms with Gasteiger partial charge in [0.15, 0.2) is 0 Å². The predicted octanol–water partition coefficient (Wildman–Crippen LogP) is 5.39. The minimum atomic E-state index is -0.722. The Morgan fingerprint density at radius 1 is 0.938 bits per heavy atom. The average Bonchev–Trinajstić information content (AvgIpc) is 3.51. The van der Waals surface area contributed by atoms with Gasteiger partial charge in [0.1, 0.15) is 11.8 Å². The zero-order chi connectivity index (χ0) is 33.8. The lowest BCUT2D eigenvalue weighted by molar-refractivity contribution is -0.134. The van der Waals surface area contributed by atoms with Gasteiger partial charge >= 0.3 is 11.7 Å². The average molecular weight is 788 g/mol. The van der Waals surface area contributed by atoms with Crippen LogP contribution in [-0.2, 0) is 11.2 Å². The summed E-state index contributed by atoms with van der Waals surface area (Å²) in [7, 11) is 1.61. The summed E-state index contributed by atoms with van der Waals surface area (Å²) < 4.78 is 8.69. The van der Waals surface area contributed by atoms with Crippen LogP contribution in [0, 0.1) is 0 Å². The zero-order valence-corrected chi connectivity index (χ0v) is 30.6. The molecule has 258 valence electrons. The van der Waals surface area contributed by atoms with Crippen LogP contribution < -0.4 is 21.5 Å². The van der Waals surface area contributed by atoms with E-state index in [9.17, 15) is 14.4 Å². The first-order valence-corrected chi connectivity index (χ1v) is 18.6. The summed E-state index contributed by atoms with van der Waals surface area (Å²) in [5, 5.41) is 3.10. The number of nitrogens with two attached hydrogens (primary N) is 1. The molecule has 0 radical (unpaired) electrons. The molecule has 3 saturated heterocycles. The number of halogens is 2. The Labute approximate surface area is 298 Å². The van der Waals surface area contributed by atoms with E-state index in [2.05, 4.69) is 47.1 Å². The predicted molar refractivity (Wildman–Crippen MR) is 194 cm³/mol. The van der Waals surface area contributed by atoms with Crippen molar-refractivity contribution in [1.82, 2.24) is 29.6 Å². The number of rotatable bonds is 8. The fourth-order valence-corrected chi connectivity index (χ4v) is 8.70. The van der Waals surface area contributed by atoms with Crippen LogP contribution in [0.2, 0.25) is 0 Å². The van der Waals surface area contributed by atoms with Crippen molar-refractivity contribution in [3.63, 3.8) is 0 Å². The third kappa shape index (κ3) is 7.78. The molecule has 4 N–H and O–H groups in total. The number of aromatic amines is 1. The molecule has 3 aromatic rings. The number of benzene rings is 2. The number of H-pyrrole nitrogens is 1. The highest BCUT2D eigenvalue weighted by Gasteiger charge is 2.34. The Balaban J connectivity index is 1.11. The number of ether oxygens (including phenoxy) is 1. The number of piperidine rings is 3. The van der Waals surface area contributed by atoms with Crippen molar-refractivity contribution in [2.45, 2.75) is 69.5 Å². The highest BCUT2D eigenvalue weighted by Crippen LogP contribution is 2.32. The molecule has 3 aliphatic rings. The number of hydrogen-bond acceptors (Lipinski definition) is 6. The SMILES string of the molecule is COc1ccccc1-c1cn(C2CCN(C(=O)N[C@H](Cc3cc(Br)c(N)c(Br)c3)C(=O)N3CCC(N4CCCCC4)CC3)CC2)c(=O)[nH]1. The van der Waals surface area contributed by atoms with Crippen molar-refractivity contribution in [3.05, 3.63) is 67.6 Å². The Hall–Kier alpha value is -3.29. The summed E-state index contributed by atoms with van der Waals surface area (Å²) in [6.07, 6.45) is 9.15. The molecular weight excluding hydrogens is 742 g/mol. The topological polar surface area (TPSA) is 129 Å². The Bertz CT molecular complexity index is 1630. The number of nitrogens with one attached hydrogen (secondary N) is 2. The summed E-state index contributed by atoms with van der Waals surface area (Å²) in [6, 6.07) is 10.9. The van der Waals surface area contributed by atoms with Crippen molar-refractivity contribution in [1.29, 1.82) is 0 Å². The van der Waals surface area contributed by atoms with Crippen LogP contribution in [0.15, 0.2) is 56.3 Å². The van der Waals surface area contributed by atoms with Crippen molar-refractivity contribution in [3.8, 4) is 17.0 Å². The van der Waals surface area contributed by atoms with Crippen molar-refractivity contribution < 1.29 is 14.3 Å². The molecular formula is C35H45Br2N7O4. The molecule has 0 unspecified atom stereocenters. The number of amides is 3. The molecule has 1 atom stereocenters. The van der Waals surface area contributed by atoms with Crippen LogP contribution in [0.5, 0.6) is 5.75 Å². The fraction of sp³-hybridized carbons (Fsp3) is 0.514. The Morgan fingerprint density at radius 3 is 2.23 bits per heavy atom. The number of methoxy groups -OCH3 is 1. The molecule has 0 bridgehead atoms. The minimum absolute atomic E-state index is 0.0515. The number of nitrogen functional groups attached to an aromatic ring is 1. The van der Waals surface area contributed by atoms with E-state index in [-0.39, 0.29) is 23.7 Å². The normalized spacial score (nSPS) is 18.9. The van der Waals surface area contributed by atoms with Crippen LogP contribution in [-0.4, -0.2) is 94.7 Å². The number of aromatic nitrogens is 2. The number of carbonyl (C=O) groups is 2. The maximum absolute atomic E-state index is 14.1. The lowest BCUT2D eigenvalue weighted by Gasteiger charge is -2.41.